The first-order chi connectivity index (χ1) is 14.7. The van der Waals surface area contributed by atoms with Gasteiger partial charge in [0, 0.05) is 41.9 Å². The second kappa shape index (κ2) is 9.65. The molecule has 0 bridgehead atoms. The number of aryl methyl sites for hydroxylation is 2. The summed E-state index contributed by atoms with van der Waals surface area (Å²) in [4.78, 5) is 2.47. The topological polar surface area (TPSA) is 20.2 Å². The van der Waals surface area contributed by atoms with Crippen molar-refractivity contribution in [3.63, 3.8) is 0 Å². The van der Waals surface area contributed by atoms with Crippen molar-refractivity contribution in [1.29, 1.82) is 0 Å². The minimum absolute atomic E-state index is 0.500. The van der Waals surface area contributed by atoms with E-state index in [1.54, 1.807) is 0 Å². The Hall–Kier alpha value is -2.33. The van der Waals surface area contributed by atoms with Crippen molar-refractivity contribution in [1.82, 2.24) is 9.47 Å². The first-order valence-electron chi connectivity index (χ1n) is 11.4. The van der Waals surface area contributed by atoms with Crippen molar-refractivity contribution in [2.45, 2.75) is 71.5 Å². The van der Waals surface area contributed by atoms with E-state index in [1.807, 2.05) is 0 Å². The lowest BCUT2D eigenvalue weighted by molar-refractivity contribution is 0.281. The summed E-state index contributed by atoms with van der Waals surface area (Å²) in [5.74, 6) is 0. The standard InChI is InChI=1S/C26H33N3S/c1-3-28-18-21(23-15-9-11-17-25(23)28)19-29(22-13-6-4-5-7-14-22)26(30)27-24-16-10-8-12-20(24)2/h8-12,15-18,22H,3-7,13-14,19H2,1-2H3,(H,27,30). The fraction of sp³-hybridized carbons (Fsp3) is 0.423. The van der Waals surface area contributed by atoms with Crippen LogP contribution in [0, 0.1) is 6.92 Å². The first-order valence-corrected chi connectivity index (χ1v) is 11.8. The highest BCUT2D eigenvalue weighted by molar-refractivity contribution is 7.80. The van der Waals surface area contributed by atoms with Gasteiger partial charge in [-0.25, -0.2) is 0 Å². The highest BCUT2D eigenvalue weighted by Gasteiger charge is 2.24. The van der Waals surface area contributed by atoms with E-state index >= 15 is 0 Å². The Bertz CT molecular complexity index is 998. The van der Waals surface area contributed by atoms with Gasteiger partial charge in [0.2, 0.25) is 0 Å². The van der Waals surface area contributed by atoms with Crippen LogP contribution in [0.3, 0.4) is 0 Å². The average molecular weight is 420 g/mol. The van der Waals surface area contributed by atoms with Crippen LogP contribution in [-0.4, -0.2) is 20.6 Å². The van der Waals surface area contributed by atoms with E-state index in [2.05, 4.69) is 83.4 Å². The number of anilines is 1. The van der Waals surface area contributed by atoms with Gasteiger partial charge in [0.15, 0.2) is 5.11 Å². The molecule has 1 N–H and O–H groups in total. The molecule has 158 valence electrons. The third kappa shape index (κ3) is 4.54. The van der Waals surface area contributed by atoms with Crippen molar-refractivity contribution in [2.75, 3.05) is 5.32 Å². The number of aromatic nitrogens is 1. The second-order valence-corrected chi connectivity index (χ2v) is 8.86. The number of para-hydroxylation sites is 2. The second-order valence-electron chi connectivity index (χ2n) is 8.48. The Balaban J connectivity index is 1.65. The molecule has 2 aromatic carbocycles. The van der Waals surface area contributed by atoms with Crippen molar-refractivity contribution in [3.05, 3.63) is 65.9 Å². The molecule has 1 heterocycles. The van der Waals surface area contributed by atoms with Crippen molar-refractivity contribution in [2.24, 2.45) is 0 Å². The maximum Gasteiger partial charge on any atom is 0.173 e. The van der Waals surface area contributed by atoms with Gasteiger partial charge in [-0.2, -0.15) is 0 Å². The van der Waals surface area contributed by atoms with Gasteiger partial charge in [-0.15, -0.1) is 0 Å². The number of nitrogens with zero attached hydrogens (tertiary/aromatic N) is 2. The molecule has 0 amide bonds. The van der Waals surface area contributed by atoms with E-state index in [-0.39, 0.29) is 0 Å². The average Bonchev–Trinajstić information content (AvgIpc) is 2.91. The van der Waals surface area contributed by atoms with Crippen LogP contribution in [0.4, 0.5) is 5.69 Å². The van der Waals surface area contributed by atoms with Crippen LogP contribution in [0.5, 0.6) is 0 Å². The van der Waals surface area contributed by atoms with Crippen LogP contribution >= 0.6 is 12.2 Å². The Kier molecular flexibility index (Phi) is 6.73. The maximum absolute atomic E-state index is 6.01. The number of nitrogens with one attached hydrogen (secondary N) is 1. The fourth-order valence-electron chi connectivity index (χ4n) is 4.73. The van der Waals surface area contributed by atoms with E-state index in [1.165, 1.54) is 60.6 Å². The van der Waals surface area contributed by atoms with Crippen LogP contribution in [0.25, 0.3) is 10.9 Å². The minimum atomic E-state index is 0.500. The minimum Gasteiger partial charge on any atom is -0.347 e. The molecule has 4 heteroatoms. The van der Waals surface area contributed by atoms with Gasteiger partial charge in [-0.05, 0) is 62.2 Å². The number of benzene rings is 2. The zero-order valence-electron chi connectivity index (χ0n) is 18.2. The van der Waals surface area contributed by atoms with Gasteiger partial charge in [-0.3, -0.25) is 0 Å². The van der Waals surface area contributed by atoms with Crippen molar-refractivity contribution in [3.8, 4) is 0 Å². The molecular formula is C26H33N3S. The summed E-state index contributed by atoms with van der Waals surface area (Å²) in [5, 5.41) is 5.76. The van der Waals surface area contributed by atoms with Gasteiger partial charge in [-0.1, -0.05) is 62.1 Å². The van der Waals surface area contributed by atoms with Gasteiger partial charge >= 0.3 is 0 Å². The SMILES string of the molecule is CCn1cc(CN(C(=S)Nc2ccccc2C)C2CCCCCC2)c2ccccc21. The summed E-state index contributed by atoms with van der Waals surface area (Å²) in [6, 6.07) is 17.7. The van der Waals surface area contributed by atoms with Gasteiger partial charge in [0.05, 0.1) is 0 Å². The zero-order valence-corrected chi connectivity index (χ0v) is 19.0. The van der Waals surface area contributed by atoms with Gasteiger partial charge < -0.3 is 14.8 Å². The predicted molar refractivity (Wildman–Crippen MR) is 132 cm³/mol. The van der Waals surface area contributed by atoms with Crippen LogP contribution in [0.15, 0.2) is 54.7 Å². The predicted octanol–water partition coefficient (Wildman–Crippen LogP) is 6.89. The Morgan fingerprint density at radius 1 is 1.03 bits per heavy atom. The van der Waals surface area contributed by atoms with E-state index in [4.69, 9.17) is 12.2 Å². The van der Waals surface area contributed by atoms with Gasteiger partial charge in [0.25, 0.3) is 0 Å². The molecule has 0 atom stereocenters. The Morgan fingerprint density at radius 2 is 1.73 bits per heavy atom. The zero-order chi connectivity index (χ0) is 20.9. The lowest BCUT2D eigenvalue weighted by atomic mass is 10.1. The number of hydrogen-bond donors (Lipinski definition) is 1. The summed E-state index contributed by atoms with van der Waals surface area (Å²) >= 11 is 6.01. The van der Waals surface area contributed by atoms with E-state index in [0.717, 1.165) is 23.9 Å². The maximum atomic E-state index is 6.01. The van der Waals surface area contributed by atoms with E-state index in [0.29, 0.717) is 6.04 Å². The van der Waals surface area contributed by atoms with Crippen LogP contribution in [0.2, 0.25) is 0 Å². The van der Waals surface area contributed by atoms with E-state index in [9.17, 15) is 0 Å². The largest absolute Gasteiger partial charge is 0.347 e. The Labute approximate surface area is 186 Å². The fourth-order valence-corrected chi connectivity index (χ4v) is 5.05. The smallest absolute Gasteiger partial charge is 0.173 e. The van der Waals surface area contributed by atoms with E-state index < -0.39 is 0 Å². The summed E-state index contributed by atoms with van der Waals surface area (Å²) in [6.07, 6.45) is 10.1. The van der Waals surface area contributed by atoms with Crippen LogP contribution in [-0.2, 0) is 13.1 Å². The number of hydrogen-bond acceptors (Lipinski definition) is 1. The Morgan fingerprint density at radius 3 is 2.47 bits per heavy atom. The monoisotopic (exact) mass is 419 g/mol. The summed E-state index contributed by atoms with van der Waals surface area (Å²) in [7, 11) is 0. The van der Waals surface area contributed by atoms with Crippen LogP contribution < -0.4 is 5.32 Å². The number of fused-ring (bicyclic) bond motifs is 1. The van der Waals surface area contributed by atoms with Gasteiger partial charge in [0.1, 0.15) is 0 Å². The summed E-state index contributed by atoms with van der Waals surface area (Å²) in [6.45, 7) is 6.19. The van der Waals surface area contributed by atoms with Crippen LogP contribution in [0.1, 0.15) is 56.6 Å². The molecule has 3 nitrogen and oxygen atoms in total. The molecule has 30 heavy (non-hydrogen) atoms. The molecule has 0 spiro atoms. The molecule has 0 unspecified atom stereocenters. The molecule has 0 saturated heterocycles. The molecule has 0 aliphatic heterocycles. The molecule has 1 saturated carbocycles. The number of rotatable bonds is 5. The normalized spacial score (nSPS) is 15.1. The highest BCUT2D eigenvalue weighted by atomic mass is 32.1. The highest BCUT2D eigenvalue weighted by Crippen LogP contribution is 2.28. The molecular weight excluding hydrogens is 386 g/mol. The third-order valence-electron chi connectivity index (χ3n) is 6.47. The summed E-state index contributed by atoms with van der Waals surface area (Å²) in [5.41, 5.74) is 5.01. The number of thiocarbonyl (C=S) groups is 1. The molecule has 1 fully saturated rings. The lowest BCUT2D eigenvalue weighted by Gasteiger charge is -2.34. The molecule has 1 aromatic heterocycles. The van der Waals surface area contributed by atoms with Crippen molar-refractivity contribution < 1.29 is 0 Å². The summed E-state index contributed by atoms with van der Waals surface area (Å²) < 4.78 is 2.35. The first kappa shape index (κ1) is 20.9. The molecule has 1 aliphatic rings. The lowest BCUT2D eigenvalue weighted by Crippen LogP contribution is -2.42. The molecule has 4 rings (SSSR count). The van der Waals surface area contributed by atoms with Crippen molar-refractivity contribution >= 4 is 33.9 Å². The third-order valence-corrected chi connectivity index (χ3v) is 6.80. The quantitative estimate of drug-likeness (QED) is 0.359. The molecule has 0 radical (unpaired) electrons. The molecule has 3 aromatic rings. The molecule has 1 aliphatic carbocycles.